The molecular weight excluding hydrogens is 232 g/mol. The monoisotopic (exact) mass is 248 g/mol. The van der Waals surface area contributed by atoms with Gasteiger partial charge in [-0.05, 0) is 31.2 Å². The molecular formula is C13H16N2O3. The minimum Gasteiger partial charge on any atom is -0.408 e. The van der Waals surface area contributed by atoms with Crippen molar-refractivity contribution in [1.82, 2.24) is 9.47 Å². The SMILES string of the molecule is CN(CC=O)CCc1ccc2c(c1)oc(=O)n2C. The van der Waals surface area contributed by atoms with Crippen molar-refractivity contribution < 1.29 is 9.21 Å². The fourth-order valence-electron chi connectivity index (χ4n) is 1.87. The number of nitrogens with zero attached hydrogens (tertiary/aromatic N) is 2. The number of aromatic nitrogens is 1. The molecule has 0 unspecified atom stereocenters. The Bertz CT molecular complexity index is 612. The lowest BCUT2D eigenvalue weighted by Crippen LogP contribution is -2.23. The van der Waals surface area contributed by atoms with Gasteiger partial charge in [-0.25, -0.2) is 4.79 Å². The van der Waals surface area contributed by atoms with E-state index in [1.165, 1.54) is 4.57 Å². The fourth-order valence-corrected chi connectivity index (χ4v) is 1.87. The molecule has 0 aliphatic carbocycles. The van der Waals surface area contributed by atoms with E-state index < -0.39 is 0 Å². The minimum absolute atomic E-state index is 0.347. The van der Waals surface area contributed by atoms with Crippen LogP contribution in [0.25, 0.3) is 11.1 Å². The van der Waals surface area contributed by atoms with Crippen LogP contribution in [0.15, 0.2) is 27.4 Å². The van der Waals surface area contributed by atoms with Crippen LogP contribution in [0.4, 0.5) is 0 Å². The Hall–Kier alpha value is -1.88. The molecule has 0 bridgehead atoms. The summed E-state index contributed by atoms with van der Waals surface area (Å²) in [6.07, 6.45) is 1.71. The Morgan fingerprint density at radius 1 is 1.44 bits per heavy atom. The quantitative estimate of drug-likeness (QED) is 0.735. The maximum absolute atomic E-state index is 11.4. The molecule has 2 rings (SSSR count). The number of hydrogen-bond acceptors (Lipinski definition) is 4. The first-order valence-electron chi connectivity index (χ1n) is 5.82. The number of aryl methyl sites for hydroxylation is 1. The largest absolute Gasteiger partial charge is 0.419 e. The second kappa shape index (κ2) is 5.18. The van der Waals surface area contributed by atoms with Gasteiger partial charge in [-0.2, -0.15) is 0 Å². The van der Waals surface area contributed by atoms with Gasteiger partial charge in [0.1, 0.15) is 6.29 Å². The lowest BCUT2D eigenvalue weighted by molar-refractivity contribution is -0.108. The third kappa shape index (κ3) is 2.51. The van der Waals surface area contributed by atoms with Crippen LogP contribution in [-0.4, -0.2) is 35.9 Å². The molecule has 5 nitrogen and oxygen atoms in total. The zero-order chi connectivity index (χ0) is 13.1. The van der Waals surface area contributed by atoms with E-state index in [-0.39, 0.29) is 5.76 Å². The number of hydrogen-bond donors (Lipinski definition) is 0. The number of oxazole rings is 1. The molecule has 18 heavy (non-hydrogen) atoms. The maximum Gasteiger partial charge on any atom is 0.419 e. The summed E-state index contributed by atoms with van der Waals surface area (Å²) in [4.78, 5) is 23.6. The molecule has 1 aromatic carbocycles. The van der Waals surface area contributed by atoms with Crippen molar-refractivity contribution in [2.45, 2.75) is 6.42 Å². The second-order valence-corrected chi connectivity index (χ2v) is 4.41. The predicted molar refractivity (Wildman–Crippen MR) is 68.7 cm³/mol. The van der Waals surface area contributed by atoms with Gasteiger partial charge in [0.05, 0.1) is 12.1 Å². The van der Waals surface area contributed by atoms with Gasteiger partial charge in [-0.3, -0.25) is 9.47 Å². The maximum atomic E-state index is 11.4. The highest BCUT2D eigenvalue weighted by molar-refractivity contribution is 5.73. The highest BCUT2D eigenvalue weighted by Gasteiger charge is 2.06. The zero-order valence-corrected chi connectivity index (χ0v) is 10.5. The van der Waals surface area contributed by atoms with E-state index in [1.54, 1.807) is 7.05 Å². The van der Waals surface area contributed by atoms with Gasteiger partial charge in [0.15, 0.2) is 5.58 Å². The van der Waals surface area contributed by atoms with E-state index in [9.17, 15) is 9.59 Å². The molecule has 96 valence electrons. The normalized spacial score (nSPS) is 11.3. The summed E-state index contributed by atoms with van der Waals surface area (Å²) in [5.41, 5.74) is 2.50. The van der Waals surface area contributed by atoms with Gasteiger partial charge >= 0.3 is 5.76 Å². The van der Waals surface area contributed by atoms with E-state index in [2.05, 4.69) is 0 Å². The van der Waals surface area contributed by atoms with Gasteiger partial charge in [0, 0.05) is 13.6 Å². The highest BCUT2D eigenvalue weighted by atomic mass is 16.4. The Balaban J connectivity index is 2.15. The van der Waals surface area contributed by atoms with Crippen LogP contribution in [0, 0.1) is 0 Å². The lowest BCUT2D eigenvalue weighted by atomic mass is 10.1. The Kier molecular flexibility index (Phi) is 3.62. The summed E-state index contributed by atoms with van der Waals surface area (Å²) in [6.45, 7) is 1.23. The molecule has 0 spiro atoms. The summed E-state index contributed by atoms with van der Waals surface area (Å²) in [7, 11) is 3.58. The lowest BCUT2D eigenvalue weighted by Gasteiger charge is -2.12. The van der Waals surface area contributed by atoms with Crippen LogP contribution in [-0.2, 0) is 18.3 Å². The van der Waals surface area contributed by atoms with E-state index in [0.29, 0.717) is 12.1 Å². The zero-order valence-electron chi connectivity index (χ0n) is 10.5. The molecule has 5 heteroatoms. The smallest absolute Gasteiger partial charge is 0.408 e. The molecule has 2 aromatic rings. The van der Waals surface area contributed by atoms with E-state index in [1.807, 2.05) is 30.1 Å². The van der Waals surface area contributed by atoms with Crippen LogP contribution < -0.4 is 5.76 Å². The van der Waals surface area contributed by atoms with Crippen molar-refractivity contribution >= 4 is 17.4 Å². The minimum atomic E-state index is -0.347. The molecule has 0 amide bonds. The number of benzene rings is 1. The standard InChI is InChI=1S/C13H16N2O3/c1-14(7-8-16)6-5-10-3-4-11-12(9-10)18-13(17)15(11)2/h3-4,8-9H,5-7H2,1-2H3. The van der Waals surface area contributed by atoms with Crippen LogP contribution >= 0.6 is 0 Å². The second-order valence-electron chi connectivity index (χ2n) is 4.41. The molecule has 0 aliphatic rings. The summed E-state index contributed by atoms with van der Waals surface area (Å²) >= 11 is 0. The third-order valence-corrected chi connectivity index (χ3v) is 3.03. The Morgan fingerprint density at radius 2 is 2.22 bits per heavy atom. The number of fused-ring (bicyclic) bond motifs is 1. The Labute approximate surface area is 105 Å². The fraction of sp³-hybridized carbons (Fsp3) is 0.385. The van der Waals surface area contributed by atoms with Crippen LogP contribution in [0.5, 0.6) is 0 Å². The van der Waals surface area contributed by atoms with E-state index in [4.69, 9.17) is 4.42 Å². The van der Waals surface area contributed by atoms with Gasteiger partial charge in [-0.15, -0.1) is 0 Å². The summed E-state index contributed by atoms with van der Waals surface area (Å²) < 4.78 is 6.62. The van der Waals surface area contributed by atoms with Crippen LogP contribution in [0.3, 0.4) is 0 Å². The first-order valence-corrected chi connectivity index (χ1v) is 5.82. The van der Waals surface area contributed by atoms with E-state index in [0.717, 1.165) is 30.3 Å². The number of carbonyl (C=O) groups excluding carboxylic acids is 1. The number of likely N-dealkylation sites (N-methyl/N-ethyl adjacent to an activating group) is 1. The van der Waals surface area contributed by atoms with Crippen molar-refractivity contribution in [3.8, 4) is 0 Å². The molecule has 1 heterocycles. The molecule has 0 radical (unpaired) electrons. The third-order valence-electron chi connectivity index (χ3n) is 3.03. The van der Waals surface area contributed by atoms with Gasteiger partial charge < -0.3 is 9.21 Å². The molecule has 0 atom stereocenters. The van der Waals surface area contributed by atoms with Crippen molar-refractivity contribution in [1.29, 1.82) is 0 Å². The summed E-state index contributed by atoms with van der Waals surface area (Å²) in [5.74, 6) is -0.347. The summed E-state index contributed by atoms with van der Waals surface area (Å²) in [5, 5.41) is 0. The first-order chi connectivity index (χ1) is 8.61. The molecule has 0 fully saturated rings. The average Bonchev–Trinajstić information content (AvgIpc) is 2.63. The molecule has 0 saturated carbocycles. The number of carbonyl (C=O) groups is 1. The predicted octanol–water partition coefficient (Wildman–Crippen LogP) is 0.805. The van der Waals surface area contributed by atoms with Gasteiger partial charge in [0.25, 0.3) is 0 Å². The number of rotatable bonds is 5. The topological polar surface area (TPSA) is 55.5 Å². The average molecular weight is 248 g/mol. The molecule has 0 N–H and O–H groups in total. The van der Waals surface area contributed by atoms with Crippen molar-refractivity contribution in [3.63, 3.8) is 0 Å². The van der Waals surface area contributed by atoms with Crippen LogP contribution in [0.2, 0.25) is 0 Å². The summed E-state index contributed by atoms with van der Waals surface area (Å²) in [6, 6.07) is 5.74. The highest BCUT2D eigenvalue weighted by Crippen LogP contribution is 2.14. The molecule has 1 aromatic heterocycles. The number of aldehydes is 1. The van der Waals surface area contributed by atoms with E-state index >= 15 is 0 Å². The van der Waals surface area contributed by atoms with Gasteiger partial charge in [-0.1, -0.05) is 6.07 Å². The van der Waals surface area contributed by atoms with Crippen molar-refractivity contribution in [2.24, 2.45) is 7.05 Å². The Morgan fingerprint density at radius 3 is 2.94 bits per heavy atom. The molecule has 0 aliphatic heterocycles. The first kappa shape index (κ1) is 12.6. The van der Waals surface area contributed by atoms with Gasteiger partial charge in [0.2, 0.25) is 0 Å². The van der Waals surface area contributed by atoms with Crippen molar-refractivity contribution in [2.75, 3.05) is 20.1 Å². The van der Waals surface area contributed by atoms with Crippen LogP contribution in [0.1, 0.15) is 5.56 Å². The molecule has 0 saturated heterocycles. The van der Waals surface area contributed by atoms with Crippen molar-refractivity contribution in [3.05, 3.63) is 34.3 Å².